The number of benzene rings is 3. The van der Waals surface area contributed by atoms with E-state index in [0.29, 0.717) is 33.0 Å². The quantitative estimate of drug-likeness (QED) is 0.262. The Morgan fingerprint density at radius 1 is 1.03 bits per heavy atom. The van der Waals surface area contributed by atoms with Gasteiger partial charge in [-0.15, -0.1) is 0 Å². The van der Waals surface area contributed by atoms with Crippen LogP contribution in [0.15, 0.2) is 76.0 Å². The molecule has 0 amide bonds. The fraction of sp³-hybridized carbons (Fsp3) is 0.0400. The molecule has 3 aromatic carbocycles. The standard InChI is InChI=1S/C25H15BrClNO4/c26-18-12-22-21(31-13-32-22)10-15(18)6-9-20(29)24-23(14-4-2-1-3-5-14)17-11-16(27)7-8-19(17)28-25(24)30/h1-12H,13H2,(H,28,30)/b9-6+. The summed E-state index contributed by atoms with van der Waals surface area (Å²) < 4.78 is 11.5. The lowest BCUT2D eigenvalue weighted by molar-refractivity contribution is 0.104. The van der Waals surface area contributed by atoms with Gasteiger partial charge in [0.1, 0.15) is 0 Å². The summed E-state index contributed by atoms with van der Waals surface area (Å²) in [4.78, 5) is 29.1. The number of hydrogen-bond donors (Lipinski definition) is 1. The minimum absolute atomic E-state index is 0.0547. The van der Waals surface area contributed by atoms with E-state index in [0.717, 1.165) is 15.6 Å². The third-order valence-electron chi connectivity index (χ3n) is 5.19. The minimum Gasteiger partial charge on any atom is -0.454 e. The molecule has 4 aromatic rings. The van der Waals surface area contributed by atoms with Crippen molar-refractivity contribution < 1.29 is 14.3 Å². The average Bonchev–Trinajstić information content (AvgIpc) is 3.24. The van der Waals surface area contributed by atoms with Crippen molar-refractivity contribution in [3.63, 3.8) is 0 Å². The molecular formula is C25H15BrClNO4. The molecule has 0 spiro atoms. The molecule has 32 heavy (non-hydrogen) atoms. The number of fused-ring (bicyclic) bond motifs is 2. The molecule has 0 saturated carbocycles. The normalized spacial score (nSPS) is 12.6. The summed E-state index contributed by atoms with van der Waals surface area (Å²) in [7, 11) is 0. The van der Waals surface area contributed by atoms with Gasteiger partial charge >= 0.3 is 0 Å². The van der Waals surface area contributed by atoms with Crippen LogP contribution >= 0.6 is 27.5 Å². The molecule has 0 unspecified atom stereocenters. The first-order valence-corrected chi connectivity index (χ1v) is 10.9. The SMILES string of the molecule is O=C(/C=C/c1cc2c(cc1Br)OCO2)c1c(-c2ccccc2)c2cc(Cl)ccc2[nH]c1=O. The molecule has 0 bridgehead atoms. The summed E-state index contributed by atoms with van der Waals surface area (Å²) in [6.07, 6.45) is 3.03. The minimum atomic E-state index is -0.460. The van der Waals surface area contributed by atoms with Gasteiger partial charge in [0.2, 0.25) is 6.79 Å². The number of carbonyl (C=O) groups is 1. The molecule has 1 aromatic heterocycles. The van der Waals surface area contributed by atoms with Crippen molar-refractivity contribution in [2.75, 3.05) is 6.79 Å². The molecule has 0 atom stereocenters. The van der Waals surface area contributed by atoms with Crippen molar-refractivity contribution in [3.8, 4) is 22.6 Å². The highest BCUT2D eigenvalue weighted by atomic mass is 79.9. The van der Waals surface area contributed by atoms with Crippen molar-refractivity contribution in [2.45, 2.75) is 0 Å². The van der Waals surface area contributed by atoms with Crippen LogP contribution in [0.4, 0.5) is 0 Å². The van der Waals surface area contributed by atoms with E-state index in [1.165, 1.54) is 6.08 Å². The largest absolute Gasteiger partial charge is 0.454 e. The Bertz CT molecular complexity index is 1460. The zero-order valence-electron chi connectivity index (χ0n) is 16.5. The van der Waals surface area contributed by atoms with Gasteiger partial charge in [-0.25, -0.2) is 0 Å². The summed E-state index contributed by atoms with van der Waals surface area (Å²) in [5, 5.41) is 1.21. The second-order valence-corrected chi connectivity index (χ2v) is 8.48. The number of rotatable bonds is 4. The number of halogens is 2. The van der Waals surface area contributed by atoms with E-state index in [2.05, 4.69) is 20.9 Å². The zero-order valence-corrected chi connectivity index (χ0v) is 18.9. The molecule has 1 aliphatic rings. The monoisotopic (exact) mass is 507 g/mol. The first-order valence-electron chi connectivity index (χ1n) is 9.74. The lowest BCUT2D eigenvalue weighted by Crippen LogP contribution is -2.18. The maximum atomic E-state index is 13.3. The molecule has 158 valence electrons. The van der Waals surface area contributed by atoms with Crippen LogP contribution in [0.5, 0.6) is 11.5 Å². The van der Waals surface area contributed by atoms with Crippen LogP contribution in [0.1, 0.15) is 15.9 Å². The van der Waals surface area contributed by atoms with Gasteiger partial charge in [-0.2, -0.15) is 0 Å². The van der Waals surface area contributed by atoms with E-state index in [1.54, 1.807) is 36.4 Å². The molecule has 0 aliphatic carbocycles. The molecule has 0 radical (unpaired) electrons. The van der Waals surface area contributed by atoms with Crippen LogP contribution in [0, 0.1) is 0 Å². The van der Waals surface area contributed by atoms with Gasteiger partial charge in [0.05, 0.1) is 5.56 Å². The Balaban J connectivity index is 1.65. The molecule has 5 rings (SSSR count). The Labute approximate surface area is 196 Å². The number of allylic oxidation sites excluding steroid dienone is 1. The zero-order chi connectivity index (χ0) is 22.2. The van der Waals surface area contributed by atoms with Crippen LogP contribution in [0.2, 0.25) is 5.02 Å². The highest BCUT2D eigenvalue weighted by molar-refractivity contribution is 9.10. The fourth-order valence-electron chi connectivity index (χ4n) is 3.71. The van der Waals surface area contributed by atoms with E-state index >= 15 is 0 Å². The summed E-state index contributed by atoms with van der Waals surface area (Å²) in [6.45, 7) is 0.156. The molecule has 5 nitrogen and oxygen atoms in total. The number of pyridine rings is 1. The summed E-state index contributed by atoms with van der Waals surface area (Å²) in [5.74, 6) is 0.814. The number of carbonyl (C=O) groups excluding carboxylic acids is 1. The third-order valence-corrected chi connectivity index (χ3v) is 6.11. The first-order chi connectivity index (χ1) is 15.5. The number of nitrogens with one attached hydrogen (secondary N) is 1. The predicted molar refractivity (Wildman–Crippen MR) is 129 cm³/mol. The number of aromatic amines is 1. The highest BCUT2D eigenvalue weighted by Gasteiger charge is 2.20. The smallest absolute Gasteiger partial charge is 0.260 e. The van der Waals surface area contributed by atoms with E-state index in [9.17, 15) is 9.59 Å². The van der Waals surface area contributed by atoms with Crippen molar-refractivity contribution in [3.05, 3.63) is 97.7 Å². The van der Waals surface area contributed by atoms with Crippen molar-refractivity contribution in [1.82, 2.24) is 4.98 Å². The van der Waals surface area contributed by atoms with E-state index in [1.807, 2.05) is 30.3 Å². The van der Waals surface area contributed by atoms with Crippen LogP contribution in [0.3, 0.4) is 0 Å². The molecule has 1 aliphatic heterocycles. The van der Waals surface area contributed by atoms with Crippen molar-refractivity contribution in [1.29, 1.82) is 0 Å². The topological polar surface area (TPSA) is 68.4 Å². The van der Waals surface area contributed by atoms with Crippen molar-refractivity contribution in [2.24, 2.45) is 0 Å². The summed E-state index contributed by atoms with van der Waals surface area (Å²) in [5.41, 5.74) is 2.23. The van der Waals surface area contributed by atoms with Crippen LogP contribution in [-0.4, -0.2) is 17.6 Å². The van der Waals surface area contributed by atoms with Gasteiger partial charge in [-0.05, 0) is 53.6 Å². The Hall–Kier alpha value is -3.35. The maximum absolute atomic E-state index is 13.3. The Morgan fingerprint density at radius 3 is 2.56 bits per heavy atom. The highest BCUT2D eigenvalue weighted by Crippen LogP contribution is 2.37. The van der Waals surface area contributed by atoms with Crippen LogP contribution in [0.25, 0.3) is 28.1 Å². The number of aromatic nitrogens is 1. The average molecular weight is 509 g/mol. The number of ether oxygens (including phenoxy) is 2. The number of H-pyrrole nitrogens is 1. The van der Waals surface area contributed by atoms with E-state index in [-0.39, 0.29) is 12.4 Å². The second-order valence-electron chi connectivity index (χ2n) is 7.18. The third kappa shape index (κ3) is 3.72. The first kappa shape index (κ1) is 20.5. The maximum Gasteiger partial charge on any atom is 0.260 e. The molecular weight excluding hydrogens is 494 g/mol. The summed E-state index contributed by atoms with van der Waals surface area (Å²) >= 11 is 9.72. The van der Waals surface area contributed by atoms with Gasteiger partial charge in [0, 0.05) is 26.0 Å². The van der Waals surface area contributed by atoms with E-state index < -0.39 is 11.3 Å². The lowest BCUT2D eigenvalue weighted by Gasteiger charge is -2.12. The Morgan fingerprint density at radius 2 is 1.78 bits per heavy atom. The predicted octanol–water partition coefficient (Wildman–Crippen LogP) is 6.24. The van der Waals surface area contributed by atoms with Gasteiger partial charge in [0.15, 0.2) is 17.3 Å². The Kier molecular flexibility index (Phi) is 5.33. The van der Waals surface area contributed by atoms with Crippen LogP contribution < -0.4 is 15.0 Å². The molecule has 0 fully saturated rings. The fourth-order valence-corrected chi connectivity index (χ4v) is 4.34. The second kappa shape index (κ2) is 8.30. The van der Waals surface area contributed by atoms with Crippen molar-refractivity contribution >= 4 is 50.3 Å². The van der Waals surface area contributed by atoms with Gasteiger partial charge in [-0.1, -0.05) is 57.9 Å². The molecule has 2 heterocycles. The summed E-state index contributed by atoms with van der Waals surface area (Å²) in [6, 6.07) is 18.1. The van der Waals surface area contributed by atoms with Gasteiger partial charge in [0.25, 0.3) is 5.56 Å². The molecule has 1 N–H and O–H groups in total. The molecule has 7 heteroatoms. The van der Waals surface area contributed by atoms with Crippen LogP contribution in [-0.2, 0) is 0 Å². The van der Waals surface area contributed by atoms with E-state index in [4.69, 9.17) is 21.1 Å². The number of ketones is 1. The molecule has 0 saturated heterocycles. The lowest BCUT2D eigenvalue weighted by atomic mass is 9.94. The van der Waals surface area contributed by atoms with Gasteiger partial charge < -0.3 is 14.5 Å². The number of hydrogen-bond acceptors (Lipinski definition) is 4. The van der Waals surface area contributed by atoms with Gasteiger partial charge in [-0.3, -0.25) is 9.59 Å².